The van der Waals surface area contributed by atoms with Crippen LogP contribution >= 0.6 is 11.8 Å². The molecule has 2 N–H and O–H groups in total. The van der Waals surface area contributed by atoms with Crippen LogP contribution in [0.25, 0.3) is 5.69 Å². The van der Waals surface area contributed by atoms with Crippen molar-refractivity contribution in [3.63, 3.8) is 0 Å². The Morgan fingerprint density at radius 1 is 1.31 bits per heavy atom. The van der Waals surface area contributed by atoms with Gasteiger partial charge in [-0.15, -0.1) is 0 Å². The molecule has 1 aromatic heterocycles. The van der Waals surface area contributed by atoms with Gasteiger partial charge in [0.25, 0.3) is 0 Å². The van der Waals surface area contributed by atoms with Crippen LogP contribution in [0.3, 0.4) is 0 Å². The molecule has 0 radical (unpaired) electrons. The number of hydrogen-bond acceptors (Lipinski definition) is 3. The van der Waals surface area contributed by atoms with Gasteiger partial charge >= 0.3 is 0 Å². The number of thioether (sulfide) groups is 1. The fourth-order valence-electron chi connectivity index (χ4n) is 1.64. The van der Waals surface area contributed by atoms with E-state index in [0.717, 1.165) is 17.1 Å². The van der Waals surface area contributed by atoms with Gasteiger partial charge in [0, 0.05) is 11.9 Å². The summed E-state index contributed by atoms with van der Waals surface area (Å²) in [7, 11) is 0. The molecule has 0 saturated heterocycles. The molecule has 0 aliphatic rings. The summed E-state index contributed by atoms with van der Waals surface area (Å²) >= 11 is 1.75. The summed E-state index contributed by atoms with van der Waals surface area (Å²) in [5, 5.41) is 4.32. The maximum absolute atomic E-state index is 6.11. The van der Waals surface area contributed by atoms with Crippen LogP contribution in [-0.2, 0) is 0 Å². The maximum Gasteiger partial charge on any atom is 0.0649 e. The van der Waals surface area contributed by atoms with E-state index in [4.69, 9.17) is 5.73 Å². The average molecular weight is 233 g/mol. The summed E-state index contributed by atoms with van der Waals surface area (Å²) in [5.74, 6) is 0.901. The molecule has 0 aliphatic heterocycles. The Bertz CT molecular complexity index is 439. The average Bonchev–Trinajstić information content (AvgIpc) is 2.79. The van der Waals surface area contributed by atoms with Crippen molar-refractivity contribution in [2.45, 2.75) is 6.04 Å². The highest BCUT2D eigenvalue weighted by Crippen LogP contribution is 2.17. The Morgan fingerprint density at radius 2 is 2.06 bits per heavy atom. The molecule has 4 heteroatoms. The van der Waals surface area contributed by atoms with Crippen molar-refractivity contribution >= 4 is 11.8 Å². The van der Waals surface area contributed by atoms with E-state index in [1.807, 2.05) is 41.1 Å². The molecular weight excluding hydrogens is 218 g/mol. The summed E-state index contributed by atoms with van der Waals surface area (Å²) in [6.45, 7) is 0. The molecule has 0 aliphatic carbocycles. The third-order valence-electron chi connectivity index (χ3n) is 2.40. The first kappa shape index (κ1) is 11.2. The smallest absolute Gasteiger partial charge is 0.0649 e. The highest BCUT2D eigenvalue weighted by atomic mass is 32.2. The molecule has 0 spiro atoms. The predicted octanol–water partition coefficient (Wildman–Crippen LogP) is 2.24. The van der Waals surface area contributed by atoms with E-state index in [1.165, 1.54) is 0 Å². The van der Waals surface area contributed by atoms with Crippen LogP contribution in [0.4, 0.5) is 0 Å². The Kier molecular flexibility index (Phi) is 3.64. The highest BCUT2D eigenvalue weighted by molar-refractivity contribution is 7.98. The topological polar surface area (TPSA) is 43.8 Å². The molecule has 1 atom stereocenters. The first-order valence-corrected chi connectivity index (χ1v) is 6.56. The zero-order valence-electron chi connectivity index (χ0n) is 9.21. The van der Waals surface area contributed by atoms with Crippen LogP contribution in [-0.4, -0.2) is 21.8 Å². The van der Waals surface area contributed by atoms with Crippen molar-refractivity contribution in [1.82, 2.24) is 9.78 Å². The summed E-state index contributed by atoms with van der Waals surface area (Å²) in [4.78, 5) is 0. The summed E-state index contributed by atoms with van der Waals surface area (Å²) < 4.78 is 1.90. The largest absolute Gasteiger partial charge is 0.322 e. The molecule has 0 saturated carbocycles. The van der Waals surface area contributed by atoms with Crippen LogP contribution in [0.5, 0.6) is 0 Å². The van der Waals surface area contributed by atoms with Gasteiger partial charge in [-0.05, 0) is 24.5 Å². The predicted molar refractivity (Wildman–Crippen MR) is 68.9 cm³/mol. The van der Waals surface area contributed by atoms with Gasteiger partial charge in [-0.1, -0.05) is 18.2 Å². The molecule has 1 aromatic carbocycles. The quantitative estimate of drug-likeness (QED) is 0.880. The van der Waals surface area contributed by atoms with E-state index in [9.17, 15) is 0 Å². The SMILES string of the molecule is CSCC(N)c1ccnn1-c1ccccc1. The fraction of sp³-hybridized carbons (Fsp3) is 0.250. The van der Waals surface area contributed by atoms with Crippen molar-refractivity contribution in [3.8, 4) is 5.69 Å². The summed E-state index contributed by atoms with van der Waals surface area (Å²) in [6, 6.07) is 12.1. The number of aromatic nitrogens is 2. The molecule has 0 fully saturated rings. The number of benzene rings is 1. The third-order valence-corrected chi connectivity index (χ3v) is 3.09. The Morgan fingerprint density at radius 3 is 2.75 bits per heavy atom. The molecule has 84 valence electrons. The minimum Gasteiger partial charge on any atom is -0.322 e. The molecule has 1 heterocycles. The molecular formula is C12H15N3S. The van der Waals surface area contributed by atoms with E-state index >= 15 is 0 Å². The van der Waals surface area contributed by atoms with Crippen molar-refractivity contribution in [2.75, 3.05) is 12.0 Å². The number of para-hydroxylation sites is 1. The second-order valence-electron chi connectivity index (χ2n) is 3.57. The van der Waals surface area contributed by atoms with Gasteiger partial charge in [-0.3, -0.25) is 0 Å². The van der Waals surface area contributed by atoms with Crippen molar-refractivity contribution in [3.05, 3.63) is 48.3 Å². The zero-order valence-corrected chi connectivity index (χ0v) is 10.0. The summed E-state index contributed by atoms with van der Waals surface area (Å²) in [6.07, 6.45) is 3.85. The number of hydrogen-bond donors (Lipinski definition) is 1. The van der Waals surface area contributed by atoms with Crippen LogP contribution in [0.15, 0.2) is 42.6 Å². The lowest BCUT2D eigenvalue weighted by molar-refractivity contribution is 0.718. The van der Waals surface area contributed by atoms with E-state index in [1.54, 1.807) is 18.0 Å². The third kappa shape index (κ3) is 2.28. The molecule has 16 heavy (non-hydrogen) atoms. The van der Waals surface area contributed by atoms with Crippen LogP contribution in [0, 0.1) is 0 Å². The van der Waals surface area contributed by atoms with E-state index in [-0.39, 0.29) is 6.04 Å². The Balaban J connectivity index is 2.33. The normalized spacial score (nSPS) is 12.6. The van der Waals surface area contributed by atoms with Crippen LogP contribution in [0.1, 0.15) is 11.7 Å². The van der Waals surface area contributed by atoms with Crippen molar-refractivity contribution < 1.29 is 0 Å². The first-order chi connectivity index (χ1) is 7.83. The van der Waals surface area contributed by atoms with E-state index in [0.29, 0.717) is 0 Å². The summed E-state index contributed by atoms with van der Waals surface area (Å²) in [5.41, 5.74) is 8.22. The zero-order chi connectivity index (χ0) is 11.4. The minimum atomic E-state index is 0.0257. The van der Waals surface area contributed by atoms with E-state index < -0.39 is 0 Å². The minimum absolute atomic E-state index is 0.0257. The first-order valence-electron chi connectivity index (χ1n) is 5.17. The molecule has 1 unspecified atom stereocenters. The standard InChI is InChI=1S/C12H15N3S/c1-16-9-11(13)12-7-8-14-15(12)10-5-3-2-4-6-10/h2-8,11H,9,13H2,1H3. The van der Waals surface area contributed by atoms with Gasteiger partial charge in [0.05, 0.1) is 17.4 Å². The second-order valence-corrected chi connectivity index (χ2v) is 4.48. The second kappa shape index (κ2) is 5.18. The molecule has 0 amide bonds. The Hall–Kier alpha value is -1.26. The maximum atomic E-state index is 6.11. The van der Waals surface area contributed by atoms with Crippen LogP contribution in [0.2, 0.25) is 0 Å². The molecule has 0 bridgehead atoms. The fourth-order valence-corrected chi connectivity index (χ4v) is 2.17. The Labute approximate surface area is 99.7 Å². The van der Waals surface area contributed by atoms with E-state index in [2.05, 4.69) is 11.4 Å². The molecule has 2 rings (SSSR count). The molecule has 3 nitrogen and oxygen atoms in total. The van der Waals surface area contributed by atoms with Gasteiger partial charge in [-0.25, -0.2) is 4.68 Å². The molecule has 2 aromatic rings. The van der Waals surface area contributed by atoms with Gasteiger partial charge in [-0.2, -0.15) is 16.9 Å². The van der Waals surface area contributed by atoms with Gasteiger partial charge in [0.1, 0.15) is 0 Å². The van der Waals surface area contributed by atoms with Gasteiger partial charge in [0.2, 0.25) is 0 Å². The van der Waals surface area contributed by atoms with Crippen LogP contribution < -0.4 is 5.73 Å². The monoisotopic (exact) mass is 233 g/mol. The number of nitrogens with two attached hydrogens (primary N) is 1. The van der Waals surface area contributed by atoms with Crippen molar-refractivity contribution in [1.29, 1.82) is 0 Å². The van der Waals surface area contributed by atoms with Gasteiger partial charge < -0.3 is 5.73 Å². The van der Waals surface area contributed by atoms with Crippen molar-refractivity contribution in [2.24, 2.45) is 5.73 Å². The lowest BCUT2D eigenvalue weighted by Crippen LogP contribution is -2.17. The van der Waals surface area contributed by atoms with Gasteiger partial charge in [0.15, 0.2) is 0 Å². The lowest BCUT2D eigenvalue weighted by Gasteiger charge is -2.12. The number of nitrogens with zero attached hydrogens (tertiary/aromatic N) is 2. The lowest BCUT2D eigenvalue weighted by atomic mass is 10.2. The number of rotatable bonds is 4. The highest BCUT2D eigenvalue weighted by Gasteiger charge is 2.11.